The summed E-state index contributed by atoms with van der Waals surface area (Å²) in [7, 11) is 0. The second-order valence-corrected chi connectivity index (χ2v) is 1.87. The molecule has 0 aromatic carbocycles. The van der Waals surface area contributed by atoms with Crippen molar-refractivity contribution in [3.8, 4) is 0 Å². The van der Waals surface area contributed by atoms with E-state index < -0.39 is 12.1 Å². The topological polar surface area (TPSA) is 170 Å². The van der Waals surface area contributed by atoms with Crippen LogP contribution in [0.1, 0.15) is 0 Å². The first-order chi connectivity index (χ1) is 6.45. The Bertz CT molecular complexity index is 102. The Kier molecular flexibility index (Phi) is 24.1. The van der Waals surface area contributed by atoms with Crippen molar-refractivity contribution in [2.45, 2.75) is 6.10 Å². The van der Waals surface area contributed by atoms with E-state index in [2.05, 4.69) is 11.5 Å². The van der Waals surface area contributed by atoms with Crippen LogP contribution >= 0.6 is 0 Å². The van der Waals surface area contributed by atoms with E-state index in [1.54, 1.807) is 0 Å². The van der Waals surface area contributed by atoms with Crippen molar-refractivity contribution in [2.75, 3.05) is 26.4 Å². The summed E-state index contributed by atoms with van der Waals surface area (Å²) in [4.78, 5) is 9.00. The molecule has 0 saturated heterocycles. The molecule has 0 heterocycles. The van der Waals surface area contributed by atoms with Crippen LogP contribution in [-0.2, 0) is 0 Å². The van der Waals surface area contributed by atoms with Crippen molar-refractivity contribution in [2.24, 2.45) is 11.5 Å². The number of nitrogens with two attached hydrogens (primary N) is 2. The lowest BCUT2D eigenvalue weighted by molar-refractivity contribution is 0.0450. The zero-order chi connectivity index (χ0) is 12.0. The normalized spacial score (nSPS) is 8.14. The van der Waals surface area contributed by atoms with Gasteiger partial charge in [-0.25, -0.2) is 4.79 Å². The van der Waals surface area contributed by atoms with E-state index in [4.69, 9.17) is 30.3 Å². The van der Waals surface area contributed by atoms with E-state index in [0.717, 1.165) is 0 Å². The molecule has 2 amide bonds. The summed E-state index contributed by atoms with van der Waals surface area (Å²) in [6, 6.07) is -0.833. The van der Waals surface area contributed by atoms with E-state index in [-0.39, 0.29) is 26.4 Å². The lowest BCUT2D eigenvalue weighted by atomic mass is 10.4. The molecule has 0 saturated carbocycles. The smallest absolute Gasteiger partial charge is 0.309 e. The van der Waals surface area contributed by atoms with Crippen molar-refractivity contribution < 1.29 is 30.3 Å². The molecule has 0 aromatic rings. The van der Waals surface area contributed by atoms with Crippen molar-refractivity contribution >= 4 is 6.03 Å². The molecule has 0 aromatic heterocycles. The van der Waals surface area contributed by atoms with Gasteiger partial charge in [0, 0.05) is 0 Å². The van der Waals surface area contributed by atoms with E-state index in [1.807, 2.05) is 0 Å². The zero-order valence-corrected chi connectivity index (χ0v) is 7.70. The van der Waals surface area contributed by atoms with Crippen LogP contribution < -0.4 is 11.5 Å². The van der Waals surface area contributed by atoms with Gasteiger partial charge in [0.25, 0.3) is 0 Å². The number of hydrogen-bond acceptors (Lipinski definition) is 6. The van der Waals surface area contributed by atoms with E-state index >= 15 is 0 Å². The Hall–Kier alpha value is -0.930. The van der Waals surface area contributed by atoms with Gasteiger partial charge in [-0.2, -0.15) is 0 Å². The van der Waals surface area contributed by atoms with Crippen LogP contribution in [0, 0.1) is 0 Å². The summed E-state index contributed by atoms with van der Waals surface area (Å²) >= 11 is 0. The first-order valence-electron chi connectivity index (χ1n) is 3.62. The van der Waals surface area contributed by atoms with Gasteiger partial charge in [0.05, 0.1) is 26.4 Å². The van der Waals surface area contributed by atoms with Crippen LogP contribution in [0.4, 0.5) is 4.79 Å². The molecule has 14 heavy (non-hydrogen) atoms. The van der Waals surface area contributed by atoms with Crippen LogP contribution in [-0.4, -0.2) is 64.1 Å². The number of carbonyl (C=O) groups excluding carboxylic acids is 1. The van der Waals surface area contributed by atoms with Crippen molar-refractivity contribution in [3.05, 3.63) is 0 Å². The highest BCUT2D eigenvalue weighted by atomic mass is 16.3. The summed E-state index contributed by atoms with van der Waals surface area (Å²) in [6.45, 7) is -0.979. The molecule has 0 rings (SSSR count). The summed E-state index contributed by atoms with van der Waals surface area (Å²) in [5, 5.41) is 39.3. The fraction of sp³-hybridized carbons (Fsp3) is 0.833. The maximum atomic E-state index is 9.00. The van der Waals surface area contributed by atoms with Crippen LogP contribution in [0.15, 0.2) is 0 Å². The monoisotopic (exact) mass is 214 g/mol. The van der Waals surface area contributed by atoms with Gasteiger partial charge in [0.15, 0.2) is 0 Å². The van der Waals surface area contributed by atoms with Gasteiger partial charge in [-0.15, -0.1) is 0 Å². The standard InChI is InChI=1S/C3H8O3.C2H6O2.CH4N2O/c4-1-3(6)2-5;3-1-2-4;2-1(3)4/h3-6H,1-2H2;3-4H,1-2H2;(H4,2,3,4). The van der Waals surface area contributed by atoms with Gasteiger partial charge in [-0.05, 0) is 0 Å². The number of urea groups is 1. The maximum Gasteiger partial charge on any atom is 0.309 e. The number of hydrogen-bond donors (Lipinski definition) is 7. The zero-order valence-electron chi connectivity index (χ0n) is 7.70. The average molecular weight is 214 g/mol. The molecular formula is C6H18N2O6. The molecule has 88 valence electrons. The molecule has 0 aliphatic heterocycles. The highest BCUT2D eigenvalue weighted by Gasteiger charge is 1.93. The first kappa shape index (κ1) is 18.8. The number of carbonyl (C=O) groups is 1. The number of aliphatic hydroxyl groups excluding tert-OH is 5. The Morgan fingerprint density at radius 2 is 1.21 bits per heavy atom. The van der Waals surface area contributed by atoms with E-state index in [0.29, 0.717) is 0 Å². The van der Waals surface area contributed by atoms with Gasteiger partial charge in [-0.3, -0.25) is 0 Å². The largest absolute Gasteiger partial charge is 0.394 e. The number of rotatable bonds is 3. The van der Waals surface area contributed by atoms with Gasteiger partial charge in [-0.1, -0.05) is 0 Å². The molecule has 0 fully saturated rings. The van der Waals surface area contributed by atoms with Gasteiger partial charge >= 0.3 is 6.03 Å². The molecule has 8 nitrogen and oxygen atoms in total. The number of primary amides is 2. The molecule has 0 bridgehead atoms. The Morgan fingerprint density at radius 1 is 1.00 bits per heavy atom. The first-order valence-corrected chi connectivity index (χ1v) is 3.62. The minimum absolute atomic E-state index is 0.125. The SMILES string of the molecule is NC(N)=O.OCC(O)CO.OCCO. The summed E-state index contributed by atoms with van der Waals surface area (Å²) < 4.78 is 0. The molecule has 0 spiro atoms. The molecule has 8 heteroatoms. The molecule has 0 unspecified atom stereocenters. The van der Waals surface area contributed by atoms with Crippen molar-refractivity contribution in [1.29, 1.82) is 0 Å². The van der Waals surface area contributed by atoms with Gasteiger partial charge in [0.2, 0.25) is 0 Å². The van der Waals surface area contributed by atoms with Crippen molar-refractivity contribution in [1.82, 2.24) is 0 Å². The fourth-order valence-corrected chi connectivity index (χ4v) is 0.0577. The summed E-state index contributed by atoms with van der Waals surface area (Å²) in [6.07, 6.45) is -0.954. The van der Waals surface area contributed by atoms with Crippen LogP contribution in [0.2, 0.25) is 0 Å². The summed E-state index contributed by atoms with van der Waals surface area (Å²) in [5.41, 5.74) is 8.50. The number of amides is 2. The minimum Gasteiger partial charge on any atom is -0.394 e. The van der Waals surface area contributed by atoms with Gasteiger partial charge in [0.1, 0.15) is 6.10 Å². The summed E-state index contributed by atoms with van der Waals surface area (Å²) in [5.74, 6) is 0. The lowest BCUT2D eigenvalue weighted by Gasteiger charge is -1.96. The highest BCUT2D eigenvalue weighted by molar-refractivity contribution is 5.69. The third-order valence-electron chi connectivity index (χ3n) is 0.521. The Labute approximate surface area is 81.4 Å². The Morgan fingerprint density at radius 3 is 1.21 bits per heavy atom. The second-order valence-electron chi connectivity index (χ2n) is 1.87. The Balaban J connectivity index is -0.000000135. The minimum atomic E-state index is -0.954. The third kappa shape index (κ3) is 67.8. The van der Waals surface area contributed by atoms with Crippen LogP contribution in [0.25, 0.3) is 0 Å². The third-order valence-corrected chi connectivity index (χ3v) is 0.521. The average Bonchev–Trinajstić information content (AvgIpc) is 2.16. The van der Waals surface area contributed by atoms with Crippen molar-refractivity contribution in [3.63, 3.8) is 0 Å². The van der Waals surface area contributed by atoms with Gasteiger partial charge < -0.3 is 37.0 Å². The van der Waals surface area contributed by atoms with E-state index in [9.17, 15) is 0 Å². The predicted molar refractivity (Wildman–Crippen MR) is 48.1 cm³/mol. The lowest BCUT2D eigenvalue weighted by Crippen LogP contribution is -2.18. The molecule has 0 radical (unpaired) electrons. The van der Waals surface area contributed by atoms with Crippen LogP contribution in [0.5, 0.6) is 0 Å². The van der Waals surface area contributed by atoms with E-state index in [1.165, 1.54) is 0 Å². The molecule has 0 aliphatic carbocycles. The molecular weight excluding hydrogens is 196 g/mol. The predicted octanol–water partition coefficient (Wildman–Crippen LogP) is -3.67. The molecule has 0 atom stereocenters. The number of aliphatic hydroxyl groups is 5. The second kappa shape index (κ2) is 18.0. The maximum absolute atomic E-state index is 9.00. The molecule has 0 aliphatic rings. The quantitative estimate of drug-likeness (QED) is 0.255. The molecule has 9 N–H and O–H groups in total. The highest BCUT2D eigenvalue weighted by Crippen LogP contribution is 1.71. The fourth-order valence-electron chi connectivity index (χ4n) is 0.0577. The van der Waals surface area contributed by atoms with Crippen LogP contribution in [0.3, 0.4) is 0 Å².